The second kappa shape index (κ2) is 10.8. The first-order valence-electron chi connectivity index (χ1n) is 15.5. The van der Waals surface area contributed by atoms with Gasteiger partial charge in [0.25, 0.3) is 0 Å². The monoisotopic (exact) mass is 576 g/mol. The molecule has 7 aromatic rings. The third kappa shape index (κ3) is 4.85. The fraction of sp³-hybridized carbons (Fsp3) is 0.0698. The van der Waals surface area contributed by atoms with Gasteiger partial charge >= 0.3 is 0 Å². The highest BCUT2D eigenvalue weighted by atomic mass is 14.7. The number of fused-ring (bicyclic) bond motifs is 3. The van der Waals surface area contributed by atoms with Crippen LogP contribution in [0, 0.1) is 0 Å². The summed E-state index contributed by atoms with van der Waals surface area (Å²) in [6.07, 6.45) is 3.72. The number of hydrogen-bond acceptors (Lipinski definition) is 2. The fourth-order valence-electron chi connectivity index (χ4n) is 6.71. The van der Waals surface area contributed by atoms with Crippen LogP contribution in [0.25, 0.3) is 67.0 Å². The van der Waals surface area contributed by atoms with Gasteiger partial charge < -0.3 is 0 Å². The summed E-state index contributed by atoms with van der Waals surface area (Å²) in [4.78, 5) is 9.58. The maximum atomic E-state index is 5.28. The van der Waals surface area contributed by atoms with Crippen LogP contribution in [0.5, 0.6) is 0 Å². The van der Waals surface area contributed by atoms with Crippen molar-refractivity contribution in [2.45, 2.75) is 19.3 Å². The molecule has 1 aliphatic rings. The zero-order valence-electron chi connectivity index (χ0n) is 25.4. The molecule has 2 aromatic heterocycles. The van der Waals surface area contributed by atoms with E-state index in [1.807, 2.05) is 18.5 Å². The summed E-state index contributed by atoms with van der Waals surface area (Å²) in [5.74, 6) is 0. The molecule has 0 N–H and O–H groups in total. The first-order chi connectivity index (χ1) is 22.0. The predicted octanol–water partition coefficient (Wildman–Crippen LogP) is 11.1. The highest BCUT2D eigenvalue weighted by Gasteiger charge is 2.35. The molecule has 0 saturated carbocycles. The molecule has 8 rings (SSSR count). The van der Waals surface area contributed by atoms with Crippen molar-refractivity contribution in [3.05, 3.63) is 169 Å². The Kier molecular flexibility index (Phi) is 6.50. The molecule has 0 bridgehead atoms. The van der Waals surface area contributed by atoms with Crippen LogP contribution >= 0.6 is 0 Å². The van der Waals surface area contributed by atoms with Crippen molar-refractivity contribution >= 4 is 0 Å². The first kappa shape index (κ1) is 27.0. The van der Waals surface area contributed by atoms with E-state index >= 15 is 0 Å². The molecule has 214 valence electrons. The minimum absolute atomic E-state index is 0.0717. The fourth-order valence-corrected chi connectivity index (χ4v) is 6.71. The van der Waals surface area contributed by atoms with E-state index in [1.54, 1.807) is 0 Å². The van der Waals surface area contributed by atoms with Gasteiger partial charge in [-0.25, -0.2) is 4.98 Å². The van der Waals surface area contributed by atoms with Crippen LogP contribution in [0.4, 0.5) is 0 Å². The molecule has 0 spiro atoms. The lowest BCUT2D eigenvalue weighted by Gasteiger charge is -2.22. The van der Waals surface area contributed by atoms with Gasteiger partial charge in [0.1, 0.15) is 0 Å². The van der Waals surface area contributed by atoms with Crippen molar-refractivity contribution in [2.24, 2.45) is 0 Å². The van der Waals surface area contributed by atoms with Gasteiger partial charge in [0.2, 0.25) is 0 Å². The van der Waals surface area contributed by atoms with Gasteiger partial charge in [0, 0.05) is 28.9 Å². The van der Waals surface area contributed by atoms with Crippen molar-refractivity contribution in [1.82, 2.24) is 9.97 Å². The van der Waals surface area contributed by atoms with E-state index in [-0.39, 0.29) is 5.41 Å². The summed E-state index contributed by atoms with van der Waals surface area (Å²) in [6.45, 7) is 4.66. The Bertz CT molecular complexity index is 2040. The van der Waals surface area contributed by atoms with Crippen molar-refractivity contribution in [2.75, 3.05) is 0 Å². The molecular formula is C43H32N2. The highest BCUT2D eigenvalue weighted by Crippen LogP contribution is 2.49. The molecule has 0 fully saturated rings. The van der Waals surface area contributed by atoms with Crippen LogP contribution in [-0.4, -0.2) is 9.97 Å². The molecule has 0 atom stereocenters. The maximum absolute atomic E-state index is 5.28. The molecule has 2 nitrogen and oxygen atoms in total. The Hall–Kier alpha value is -5.60. The lowest BCUT2D eigenvalue weighted by molar-refractivity contribution is 0.660. The third-order valence-corrected chi connectivity index (χ3v) is 9.21. The van der Waals surface area contributed by atoms with E-state index in [0.717, 1.165) is 44.8 Å². The normalized spacial score (nSPS) is 12.8. The van der Waals surface area contributed by atoms with Crippen molar-refractivity contribution in [1.29, 1.82) is 0 Å². The van der Waals surface area contributed by atoms with Gasteiger partial charge in [0.15, 0.2) is 0 Å². The molecule has 0 unspecified atom stereocenters. The number of aromatic nitrogens is 2. The zero-order chi connectivity index (χ0) is 30.4. The average Bonchev–Trinajstić information content (AvgIpc) is 3.34. The largest absolute Gasteiger partial charge is 0.264 e. The van der Waals surface area contributed by atoms with E-state index < -0.39 is 0 Å². The Balaban J connectivity index is 1.24. The van der Waals surface area contributed by atoms with Gasteiger partial charge in [-0.1, -0.05) is 135 Å². The smallest absolute Gasteiger partial charge is 0.0715 e. The lowest BCUT2D eigenvalue weighted by Crippen LogP contribution is -2.14. The van der Waals surface area contributed by atoms with Crippen molar-refractivity contribution < 1.29 is 0 Å². The first-order valence-corrected chi connectivity index (χ1v) is 15.5. The second-order valence-electron chi connectivity index (χ2n) is 12.3. The van der Waals surface area contributed by atoms with Gasteiger partial charge in [-0.2, -0.15) is 0 Å². The van der Waals surface area contributed by atoms with Gasteiger partial charge in [0.05, 0.1) is 11.4 Å². The van der Waals surface area contributed by atoms with Crippen LogP contribution in [0.2, 0.25) is 0 Å². The molecule has 0 aliphatic heterocycles. The molecule has 45 heavy (non-hydrogen) atoms. The average molecular weight is 577 g/mol. The van der Waals surface area contributed by atoms with E-state index in [1.165, 1.54) is 33.4 Å². The molecular weight excluding hydrogens is 544 g/mol. The van der Waals surface area contributed by atoms with Crippen LogP contribution in [0.15, 0.2) is 158 Å². The van der Waals surface area contributed by atoms with Gasteiger partial charge in [-0.15, -0.1) is 0 Å². The summed E-state index contributed by atoms with van der Waals surface area (Å²) in [5, 5.41) is 0. The molecule has 0 saturated heterocycles. The standard InChI is InChI=1S/C43H32N2/c1-43(2)39-13-7-6-12-37(39)38-23-22-34(25-40(38)43)42-27-36(32-16-14-31(15-17-32)35-11-8-24-44-28-35)26-41(45-42)33-20-18-30(19-21-33)29-9-4-3-5-10-29/h3-28H,1-2H3. The quantitative estimate of drug-likeness (QED) is 0.204. The molecule has 2 heteroatoms. The summed E-state index contributed by atoms with van der Waals surface area (Å²) in [6, 6.07) is 52.2. The van der Waals surface area contributed by atoms with Crippen LogP contribution in [0.3, 0.4) is 0 Å². The summed E-state index contributed by atoms with van der Waals surface area (Å²) in [7, 11) is 0. The molecule has 1 aliphatic carbocycles. The summed E-state index contributed by atoms with van der Waals surface area (Å²) >= 11 is 0. The number of nitrogens with zero attached hydrogens (tertiary/aromatic N) is 2. The zero-order valence-corrected chi connectivity index (χ0v) is 25.4. The number of pyridine rings is 2. The van der Waals surface area contributed by atoms with E-state index in [2.05, 4.69) is 158 Å². The SMILES string of the molecule is CC1(C)c2ccccc2-c2ccc(-c3cc(-c4ccc(-c5cccnc5)cc4)cc(-c4ccc(-c5ccccc5)cc4)n3)cc21. The van der Waals surface area contributed by atoms with Crippen LogP contribution in [-0.2, 0) is 5.41 Å². The third-order valence-electron chi connectivity index (χ3n) is 9.21. The predicted molar refractivity (Wildman–Crippen MR) is 187 cm³/mol. The van der Waals surface area contributed by atoms with Crippen LogP contribution < -0.4 is 0 Å². The van der Waals surface area contributed by atoms with Gasteiger partial charge in [-0.05, 0) is 79.9 Å². The minimum Gasteiger partial charge on any atom is -0.264 e. The van der Waals surface area contributed by atoms with E-state index in [4.69, 9.17) is 4.98 Å². The summed E-state index contributed by atoms with van der Waals surface area (Å²) in [5.41, 5.74) is 16.4. The van der Waals surface area contributed by atoms with Crippen molar-refractivity contribution in [3.8, 4) is 67.0 Å². The maximum Gasteiger partial charge on any atom is 0.0715 e. The number of benzene rings is 5. The summed E-state index contributed by atoms with van der Waals surface area (Å²) < 4.78 is 0. The molecule has 0 radical (unpaired) electrons. The molecule has 0 amide bonds. The van der Waals surface area contributed by atoms with E-state index in [9.17, 15) is 0 Å². The Labute approximate surface area is 264 Å². The lowest BCUT2D eigenvalue weighted by atomic mass is 9.82. The Morgan fingerprint density at radius 2 is 0.933 bits per heavy atom. The minimum atomic E-state index is -0.0717. The Morgan fingerprint density at radius 1 is 0.400 bits per heavy atom. The topological polar surface area (TPSA) is 25.8 Å². The van der Waals surface area contributed by atoms with Crippen molar-refractivity contribution in [3.63, 3.8) is 0 Å². The molecule has 5 aromatic carbocycles. The number of rotatable bonds is 5. The van der Waals surface area contributed by atoms with Gasteiger partial charge in [-0.3, -0.25) is 4.98 Å². The molecule has 2 heterocycles. The Morgan fingerprint density at radius 3 is 1.64 bits per heavy atom. The second-order valence-corrected chi connectivity index (χ2v) is 12.3. The highest BCUT2D eigenvalue weighted by molar-refractivity contribution is 5.85. The van der Waals surface area contributed by atoms with Crippen LogP contribution in [0.1, 0.15) is 25.0 Å². The number of hydrogen-bond donors (Lipinski definition) is 0. The van der Waals surface area contributed by atoms with E-state index in [0.29, 0.717) is 0 Å².